The largest absolute Gasteiger partial charge is 1.00 e. The second kappa shape index (κ2) is 4.48. The van der Waals surface area contributed by atoms with Crippen LogP contribution in [0, 0.1) is 20.8 Å². The van der Waals surface area contributed by atoms with Crippen molar-refractivity contribution in [2.24, 2.45) is 0 Å². The Hall–Kier alpha value is -0.300. The monoisotopic (exact) mass is 193 g/mol. The minimum atomic E-state index is 0. The first kappa shape index (κ1) is 11.8. The van der Waals surface area contributed by atoms with Crippen LogP contribution >= 0.6 is 0 Å². The smallest absolute Gasteiger partial charge is 0.0616 e. The molecule has 0 aliphatic rings. The van der Waals surface area contributed by atoms with Gasteiger partial charge in [0.25, 0.3) is 0 Å². The molecule has 0 bridgehead atoms. The quantitative estimate of drug-likeness (QED) is 0.542. The van der Waals surface area contributed by atoms with Gasteiger partial charge in [-0.1, -0.05) is 30.3 Å². The summed E-state index contributed by atoms with van der Waals surface area (Å²) in [5.41, 5.74) is 4.21. The third-order valence-corrected chi connectivity index (χ3v) is 2.89. The molecule has 0 spiro atoms. The van der Waals surface area contributed by atoms with Crippen molar-refractivity contribution < 1.29 is 29.6 Å². The first-order valence-electron chi connectivity index (χ1n) is 4.65. The van der Waals surface area contributed by atoms with Crippen molar-refractivity contribution in [2.45, 2.75) is 20.8 Å². The molecule has 0 radical (unpaired) electrons. The van der Waals surface area contributed by atoms with Gasteiger partial charge in [-0.15, -0.1) is 0 Å². The fraction of sp³-hybridized carbons (Fsp3) is 0.231. The molecule has 0 N–H and O–H groups in total. The minimum Gasteiger partial charge on any atom is -0.0616 e. The van der Waals surface area contributed by atoms with E-state index in [9.17, 15) is 0 Å². The molecule has 2 aromatic carbocycles. The molecule has 0 atom stereocenters. The number of aryl methyl sites for hydroxylation is 2. The van der Waals surface area contributed by atoms with Crippen LogP contribution in [0.25, 0.3) is 10.8 Å². The minimum absolute atomic E-state index is 0. The Morgan fingerprint density at radius 3 is 2.21 bits per heavy atom. The van der Waals surface area contributed by atoms with Gasteiger partial charge in [-0.2, -0.15) is 0 Å². The van der Waals surface area contributed by atoms with E-state index in [0.717, 1.165) is 0 Å². The molecule has 0 saturated carbocycles. The van der Waals surface area contributed by atoms with Crippen molar-refractivity contribution >= 4 is 10.8 Å². The maximum absolute atomic E-state index is 2.26. The molecular formula is C13H14Na+. The van der Waals surface area contributed by atoms with Gasteiger partial charge < -0.3 is 0 Å². The Kier molecular flexibility index (Phi) is 3.77. The number of benzene rings is 2. The fourth-order valence-corrected chi connectivity index (χ4v) is 1.80. The maximum atomic E-state index is 2.26. The Bertz CT molecular complexity index is 458. The van der Waals surface area contributed by atoms with Gasteiger partial charge in [0, 0.05) is 0 Å². The van der Waals surface area contributed by atoms with Gasteiger partial charge in [-0.3, -0.25) is 0 Å². The summed E-state index contributed by atoms with van der Waals surface area (Å²) in [5, 5.41) is 2.73. The predicted molar refractivity (Wildman–Crippen MR) is 58.2 cm³/mol. The third-order valence-electron chi connectivity index (χ3n) is 2.89. The Morgan fingerprint density at radius 1 is 0.857 bits per heavy atom. The summed E-state index contributed by atoms with van der Waals surface area (Å²) in [7, 11) is 0. The number of fused-ring (bicyclic) bond motifs is 1. The maximum Gasteiger partial charge on any atom is 1.00 e. The molecule has 0 aliphatic carbocycles. The van der Waals surface area contributed by atoms with Crippen LogP contribution in [0.15, 0.2) is 30.3 Å². The van der Waals surface area contributed by atoms with E-state index in [-0.39, 0.29) is 29.6 Å². The molecule has 2 rings (SSSR count). The predicted octanol–water partition coefficient (Wildman–Crippen LogP) is 0.769. The molecular weight excluding hydrogens is 179 g/mol. The Balaban J connectivity index is 0.000000980. The molecule has 0 unspecified atom stereocenters. The van der Waals surface area contributed by atoms with Crippen molar-refractivity contribution in [3.63, 3.8) is 0 Å². The average Bonchev–Trinajstić information content (AvgIpc) is 2.15. The summed E-state index contributed by atoms with van der Waals surface area (Å²) in [4.78, 5) is 0. The van der Waals surface area contributed by atoms with Gasteiger partial charge in [0.1, 0.15) is 0 Å². The normalized spacial score (nSPS) is 9.93. The van der Waals surface area contributed by atoms with Gasteiger partial charge in [0.15, 0.2) is 0 Å². The Morgan fingerprint density at radius 2 is 1.50 bits per heavy atom. The zero-order valence-corrected chi connectivity index (χ0v) is 11.4. The van der Waals surface area contributed by atoms with E-state index in [0.29, 0.717) is 0 Å². The zero-order chi connectivity index (χ0) is 9.42. The molecule has 0 aliphatic heterocycles. The third kappa shape index (κ3) is 1.88. The topological polar surface area (TPSA) is 0 Å². The number of rotatable bonds is 0. The van der Waals surface area contributed by atoms with Crippen LogP contribution in [-0.4, -0.2) is 0 Å². The molecule has 14 heavy (non-hydrogen) atoms. The van der Waals surface area contributed by atoms with E-state index in [4.69, 9.17) is 0 Å². The van der Waals surface area contributed by atoms with Gasteiger partial charge in [-0.05, 0) is 48.2 Å². The van der Waals surface area contributed by atoms with Gasteiger partial charge in [-0.25, -0.2) is 0 Å². The summed E-state index contributed by atoms with van der Waals surface area (Å²) in [6.45, 7) is 6.57. The first-order chi connectivity index (χ1) is 6.20. The van der Waals surface area contributed by atoms with Crippen molar-refractivity contribution in [3.05, 3.63) is 47.0 Å². The first-order valence-corrected chi connectivity index (χ1v) is 4.65. The van der Waals surface area contributed by atoms with E-state index in [1.807, 2.05) is 0 Å². The molecule has 1 heteroatoms. The molecule has 0 heterocycles. The van der Waals surface area contributed by atoms with E-state index < -0.39 is 0 Å². The van der Waals surface area contributed by atoms with Crippen LogP contribution in [-0.2, 0) is 0 Å². The van der Waals surface area contributed by atoms with Crippen LogP contribution in [0.1, 0.15) is 16.7 Å². The van der Waals surface area contributed by atoms with Crippen LogP contribution in [0.3, 0.4) is 0 Å². The average molecular weight is 193 g/mol. The summed E-state index contributed by atoms with van der Waals surface area (Å²) in [6.07, 6.45) is 0. The summed E-state index contributed by atoms with van der Waals surface area (Å²) in [6, 6.07) is 10.8. The molecule has 0 amide bonds. The number of hydrogen-bond donors (Lipinski definition) is 0. The summed E-state index contributed by atoms with van der Waals surface area (Å²) in [5.74, 6) is 0. The van der Waals surface area contributed by atoms with Crippen LogP contribution < -0.4 is 29.6 Å². The molecule has 0 aromatic heterocycles. The zero-order valence-electron chi connectivity index (χ0n) is 9.39. The van der Waals surface area contributed by atoms with Gasteiger partial charge in [0.2, 0.25) is 0 Å². The van der Waals surface area contributed by atoms with Crippen LogP contribution in [0.2, 0.25) is 0 Å². The molecule has 2 aromatic rings. The fourth-order valence-electron chi connectivity index (χ4n) is 1.80. The van der Waals surface area contributed by atoms with E-state index in [1.54, 1.807) is 0 Å². The van der Waals surface area contributed by atoms with E-state index in [1.165, 1.54) is 27.5 Å². The van der Waals surface area contributed by atoms with Crippen molar-refractivity contribution in [1.29, 1.82) is 0 Å². The summed E-state index contributed by atoms with van der Waals surface area (Å²) < 4.78 is 0. The van der Waals surface area contributed by atoms with Crippen LogP contribution in [0.5, 0.6) is 0 Å². The molecule has 66 valence electrons. The van der Waals surface area contributed by atoms with E-state index in [2.05, 4.69) is 51.1 Å². The van der Waals surface area contributed by atoms with Gasteiger partial charge >= 0.3 is 29.6 Å². The standard InChI is InChI=1S/C13H14.Na/c1-9-8-12-6-4-5-7-13(12)11(3)10(9)2;/h4-8H,1-3H3;/q;+1. The van der Waals surface area contributed by atoms with Crippen molar-refractivity contribution in [1.82, 2.24) is 0 Å². The number of hydrogen-bond acceptors (Lipinski definition) is 0. The van der Waals surface area contributed by atoms with Gasteiger partial charge in [0.05, 0.1) is 0 Å². The summed E-state index contributed by atoms with van der Waals surface area (Å²) >= 11 is 0. The Labute approximate surface area is 108 Å². The van der Waals surface area contributed by atoms with Crippen molar-refractivity contribution in [3.8, 4) is 0 Å². The van der Waals surface area contributed by atoms with Crippen molar-refractivity contribution in [2.75, 3.05) is 0 Å². The SMILES string of the molecule is Cc1cc2ccccc2c(C)c1C.[Na+]. The second-order valence-electron chi connectivity index (χ2n) is 3.66. The van der Waals surface area contributed by atoms with Crippen LogP contribution in [0.4, 0.5) is 0 Å². The van der Waals surface area contributed by atoms with E-state index >= 15 is 0 Å². The molecule has 0 nitrogen and oxygen atoms in total. The molecule has 0 saturated heterocycles. The second-order valence-corrected chi connectivity index (χ2v) is 3.66. The molecule has 0 fully saturated rings.